The van der Waals surface area contributed by atoms with E-state index in [1.165, 1.54) is 17.1 Å². The molecule has 19 heavy (non-hydrogen) atoms. The average molecular weight is 282 g/mol. The van der Waals surface area contributed by atoms with Crippen molar-refractivity contribution in [3.63, 3.8) is 0 Å². The lowest BCUT2D eigenvalue weighted by atomic mass is 10.5. The molecule has 0 unspecified atom stereocenters. The topological polar surface area (TPSA) is 107 Å². The number of aromatic nitrogens is 4. The predicted octanol–water partition coefficient (Wildman–Crippen LogP) is -0.286. The zero-order valence-electron chi connectivity index (χ0n) is 10.8. The van der Waals surface area contributed by atoms with Gasteiger partial charge in [0.2, 0.25) is 0 Å². The maximum atomic E-state index is 11.8. The van der Waals surface area contributed by atoms with Gasteiger partial charge in [-0.2, -0.15) is 4.68 Å². The van der Waals surface area contributed by atoms with Crippen molar-refractivity contribution < 1.29 is 8.42 Å². The smallest absolute Gasteiger partial charge is 0.252 e. The first-order valence-corrected chi connectivity index (χ1v) is 7.24. The summed E-state index contributed by atoms with van der Waals surface area (Å²) in [6, 6.07) is 1.65. The van der Waals surface area contributed by atoms with Crippen molar-refractivity contribution >= 4 is 21.5 Å². The molecule has 0 aliphatic heterocycles. The second-order valence-corrected chi connectivity index (χ2v) is 6.12. The van der Waals surface area contributed by atoms with Crippen LogP contribution in [-0.2, 0) is 9.84 Å². The van der Waals surface area contributed by atoms with Crippen LogP contribution in [0.25, 0.3) is 5.95 Å². The van der Waals surface area contributed by atoms with E-state index in [1.807, 2.05) is 0 Å². The molecule has 0 aliphatic rings. The third kappa shape index (κ3) is 2.36. The Labute approximate surface area is 110 Å². The lowest BCUT2D eigenvalue weighted by molar-refractivity contribution is 0.602. The van der Waals surface area contributed by atoms with Crippen molar-refractivity contribution in [3.05, 3.63) is 18.5 Å². The molecule has 2 aromatic rings. The van der Waals surface area contributed by atoms with E-state index in [0.29, 0.717) is 0 Å². The molecule has 2 aromatic heterocycles. The van der Waals surface area contributed by atoms with Gasteiger partial charge < -0.3 is 10.6 Å². The maximum Gasteiger partial charge on any atom is 0.252 e. The fourth-order valence-corrected chi connectivity index (χ4v) is 2.63. The number of nitrogens with two attached hydrogens (primary N) is 1. The van der Waals surface area contributed by atoms with E-state index in [4.69, 9.17) is 5.73 Å². The van der Waals surface area contributed by atoms with Crippen molar-refractivity contribution in [1.29, 1.82) is 0 Å². The van der Waals surface area contributed by atoms with Gasteiger partial charge in [-0.15, -0.1) is 5.10 Å². The molecule has 0 radical (unpaired) electrons. The minimum absolute atomic E-state index is 0.00241. The summed E-state index contributed by atoms with van der Waals surface area (Å²) < 4.78 is 24.9. The van der Waals surface area contributed by atoms with Gasteiger partial charge in [-0.1, -0.05) is 0 Å². The van der Waals surface area contributed by atoms with Crippen LogP contribution in [0, 0.1) is 0 Å². The number of hydrogen-bond donors (Lipinski definition) is 1. The molecular weight excluding hydrogens is 268 g/mol. The van der Waals surface area contributed by atoms with E-state index in [0.717, 1.165) is 6.26 Å². The average Bonchev–Trinajstić information content (AvgIpc) is 2.68. The van der Waals surface area contributed by atoms with Crippen LogP contribution in [-0.4, -0.2) is 48.5 Å². The van der Waals surface area contributed by atoms with Crippen molar-refractivity contribution in [2.75, 3.05) is 31.0 Å². The summed E-state index contributed by atoms with van der Waals surface area (Å²) in [6.45, 7) is 0. The minimum atomic E-state index is -3.50. The molecule has 0 saturated carbocycles. The van der Waals surface area contributed by atoms with Crippen molar-refractivity contribution in [2.45, 2.75) is 4.90 Å². The highest BCUT2D eigenvalue weighted by atomic mass is 32.2. The van der Waals surface area contributed by atoms with Gasteiger partial charge in [-0.05, 0) is 6.07 Å². The molecule has 0 atom stereocenters. The van der Waals surface area contributed by atoms with Gasteiger partial charge in [-0.3, -0.25) is 0 Å². The van der Waals surface area contributed by atoms with Gasteiger partial charge in [0.25, 0.3) is 5.95 Å². The molecule has 2 heterocycles. The van der Waals surface area contributed by atoms with Crippen LogP contribution in [0.1, 0.15) is 0 Å². The van der Waals surface area contributed by atoms with Crippen LogP contribution in [0.15, 0.2) is 23.4 Å². The summed E-state index contributed by atoms with van der Waals surface area (Å²) in [5.41, 5.74) is 5.87. The fraction of sp³-hybridized carbons (Fsp3) is 0.300. The molecule has 9 heteroatoms. The third-order valence-corrected chi connectivity index (χ3v) is 3.53. The summed E-state index contributed by atoms with van der Waals surface area (Å²) in [7, 11) is -0.128. The maximum absolute atomic E-state index is 11.8. The lowest BCUT2D eigenvalue weighted by Crippen LogP contribution is -2.13. The second kappa shape index (κ2) is 4.50. The standard InChI is InChI=1S/C10H14N6O2S/c1-15(2)9-7(19(3,17)18)8(11)16(14-9)10-12-5-4-6-13-10/h4-6H,11H2,1-3H3. The molecule has 0 aliphatic carbocycles. The van der Waals surface area contributed by atoms with Crippen LogP contribution < -0.4 is 10.6 Å². The van der Waals surface area contributed by atoms with Crippen molar-refractivity contribution in [2.24, 2.45) is 0 Å². The molecule has 0 saturated heterocycles. The van der Waals surface area contributed by atoms with Gasteiger partial charge in [0.1, 0.15) is 0 Å². The van der Waals surface area contributed by atoms with E-state index in [1.54, 1.807) is 25.1 Å². The Bertz CT molecular complexity index is 692. The summed E-state index contributed by atoms with van der Waals surface area (Å²) in [6.07, 6.45) is 4.14. The molecule has 2 N–H and O–H groups in total. The van der Waals surface area contributed by atoms with Crippen molar-refractivity contribution in [3.8, 4) is 5.95 Å². The molecule has 0 aromatic carbocycles. The number of nitrogen functional groups attached to an aromatic ring is 1. The molecule has 0 fully saturated rings. The van der Waals surface area contributed by atoms with Gasteiger partial charge in [0.15, 0.2) is 26.4 Å². The monoisotopic (exact) mass is 282 g/mol. The molecule has 102 valence electrons. The first-order valence-electron chi connectivity index (χ1n) is 5.35. The number of nitrogens with zero attached hydrogens (tertiary/aromatic N) is 5. The SMILES string of the molecule is CN(C)c1nn(-c2ncccn2)c(N)c1S(C)(=O)=O. The number of hydrogen-bond acceptors (Lipinski definition) is 7. The van der Waals surface area contributed by atoms with Crippen LogP contribution in [0.4, 0.5) is 11.6 Å². The van der Waals surface area contributed by atoms with Gasteiger partial charge in [-0.25, -0.2) is 18.4 Å². The van der Waals surface area contributed by atoms with Gasteiger partial charge in [0, 0.05) is 32.7 Å². The Hall–Kier alpha value is -2.16. The molecule has 0 amide bonds. The fourth-order valence-electron chi connectivity index (χ4n) is 1.61. The van der Waals surface area contributed by atoms with Gasteiger partial charge in [0.05, 0.1) is 0 Å². The molecule has 0 spiro atoms. The summed E-state index contributed by atoms with van der Waals surface area (Å²) in [5, 5.41) is 4.16. The third-order valence-electron chi connectivity index (χ3n) is 2.39. The lowest BCUT2D eigenvalue weighted by Gasteiger charge is -2.09. The Morgan fingerprint density at radius 1 is 1.26 bits per heavy atom. The van der Waals surface area contributed by atoms with Crippen molar-refractivity contribution in [1.82, 2.24) is 19.7 Å². The number of anilines is 2. The second-order valence-electron chi connectivity index (χ2n) is 4.17. The van der Waals surface area contributed by atoms with E-state index in [-0.39, 0.29) is 22.5 Å². The van der Waals surface area contributed by atoms with E-state index in [9.17, 15) is 8.42 Å². The highest BCUT2D eigenvalue weighted by molar-refractivity contribution is 7.91. The summed E-state index contributed by atoms with van der Waals surface area (Å²) >= 11 is 0. The Morgan fingerprint density at radius 3 is 2.26 bits per heavy atom. The summed E-state index contributed by atoms with van der Waals surface area (Å²) in [4.78, 5) is 9.56. The first kappa shape index (κ1) is 13.3. The predicted molar refractivity (Wildman–Crippen MR) is 71.0 cm³/mol. The largest absolute Gasteiger partial charge is 0.382 e. The Kier molecular flexibility index (Phi) is 3.14. The molecule has 0 bridgehead atoms. The zero-order valence-corrected chi connectivity index (χ0v) is 11.6. The van der Waals surface area contributed by atoms with E-state index >= 15 is 0 Å². The molecular formula is C10H14N6O2S. The molecule has 8 nitrogen and oxygen atoms in total. The van der Waals surface area contributed by atoms with Crippen LogP contribution in [0.5, 0.6) is 0 Å². The minimum Gasteiger partial charge on any atom is -0.382 e. The highest BCUT2D eigenvalue weighted by Gasteiger charge is 2.26. The number of sulfone groups is 1. The van der Waals surface area contributed by atoms with E-state index < -0.39 is 9.84 Å². The van der Waals surface area contributed by atoms with Crippen LogP contribution in [0.2, 0.25) is 0 Å². The van der Waals surface area contributed by atoms with Crippen LogP contribution in [0.3, 0.4) is 0 Å². The molecule has 2 rings (SSSR count). The van der Waals surface area contributed by atoms with Gasteiger partial charge >= 0.3 is 0 Å². The van der Waals surface area contributed by atoms with Crippen LogP contribution >= 0.6 is 0 Å². The highest BCUT2D eigenvalue weighted by Crippen LogP contribution is 2.29. The zero-order chi connectivity index (χ0) is 14.2. The first-order chi connectivity index (χ1) is 8.82. The normalized spacial score (nSPS) is 11.5. The summed E-state index contributed by atoms with van der Waals surface area (Å²) in [5.74, 6) is 0.475. The Balaban J connectivity index is 2.74. The quantitative estimate of drug-likeness (QED) is 0.824. The number of rotatable bonds is 3. The Morgan fingerprint density at radius 2 is 1.84 bits per heavy atom. The van der Waals surface area contributed by atoms with E-state index in [2.05, 4.69) is 15.1 Å².